The Kier molecular flexibility index (Phi) is 8.73. The van der Waals surface area contributed by atoms with Crippen LogP contribution in [0.5, 0.6) is 5.88 Å². The Labute approximate surface area is 203 Å². The third-order valence-electron chi connectivity index (χ3n) is 6.51. The zero-order chi connectivity index (χ0) is 23.8. The van der Waals surface area contributed by atoms with Crippen LogP contribution in [-0.4, -0.2) is 92.7 Å². The molecular weight excluding hydrogens is 428 g/mol. The van der Waals surface area contributed by atoms with Crippen LogP contribution in [0.3, 0.4) is 0 Å². The number of hydrazone groups is 1. The summed E-state index contributed by atoms with van der Waals surface area (Å²) in [6.07, 6.45) is 1.81. The van der Waals surface area contributed by atoms with E-state index in [1.165, 1.54) is 5.56 Å². The average molecular weight is 467 g/mol. The first kappa shape index (κ1) is 24.4. The molecule has 0 amide bonds. The Morgan fingerprint density at radius 2 is 2.03 bits per heavy atom. The molecule has 1 unspecified atom stereocenters. The molecule has 2 aliphatic heterocycles. The van der Waals surface area contributed by atoms with E-state index in [2.05, 4.69) is 63.1 Å². The number of ether oxygens (including phenoxy) is 2. The van der Waals surface area contributed by atoms with Crippen molar-refractivity contribution < 1.29 is 9.47 Å². The van der Waals surface area contributed by atoms with Gasteiger partial charge in [0.25, 0.3) is 0 Å². The fourth-order valence-electron chi connectivity index (χ4n) is 4.57. The summed E-state index contributed by atoms with van der Waals surface area (Å²) in [6, 6.07) is 12.9. The molecule has 8 nitrogen and oxygen atoms in total. The van der Waals surface area contributed by atoms with E-state index in [0.29, 0.717) is 24.3 Å². The van der Waals surface area contributed by atoms with Crippen LogP contribution in [0.2, 0.25) is 0 Å². The van der Waals surface area contributed by atoms with Crippen molar-refractivity contribution in [3.8, 4) is 5.88 Å². The van der Waals surface area contributed by atoms with E-state index in [0.717, 1.165) is 70.3 Å². The number of likely N-dealkylation sites (N-methyl/N-ethyl adjacent to an activating group) is 1. The molecular formula is C26H38N6O2. The highest BCUT2D eigenvalue weighted by Crippen LogP contribution is 2.25. The van der Waals surface area contributed by atoms with Crippen molar-refractivity contribution in [1.29, 1.82) is 0 Å². The molecule has 1 aromatic carbocycles. The summed E-state index contributed by atoms with van der Waals surface area (Å²) in [5.41, 5.74) is 6.42. The summed E-state index contributed by atoms with van der Waals surface area (Å²) in [4.78, 5) is 12.0. The summed E-state index contributed by atoms with van der Waals surface area (Å²) in [5.74, 6) is 1.30. The van der Waals surface area contributed by atoms with Gasteiger partial charge in [-0.05, 0) is 26.0 Å². The minimum absolute atomic E-state index is 0.587. The van der Waals surface area contributed by atoms with E-state index in [-0.39, 0.29) is 0 Å². The number of pyridine rings is 1. The summed E-state index contributed by atoms with van der Waals surface area (Å²) < 4.78 is 11.7. The van der Waals surface area contributed by atoms with Gasteiger partial charge >= 0.3 is 0 Å². The molecule has 1 atom stereocenters. The third-order valence-corrected chi connectivity index (χ3v) is 6.51. The van der Waals surface area contributed by atoms with Crippen molar-refractivity contribution in [2.75, 3.05) is 76.0 Å². The van der Waals surface area contributed by atoms with Crippen LogP contribution in [0, 0.1) is 6.92 Å². The predicted octanol–water partition coefficient (Wildman–Crippen LogP) is 3.08. The van der Waals surface area contributed by atoms with Crippen molar-refractivity contribution in [3.05, 3.63) is 47.5 Å². The van der Waals surface area contributed by atoms with E-state index in [1.807, 2.05) is 30.5 Å². The van der Waals surface area contributed by atoms with Gasteiger partial charge in [-0.3, -0.25) is 15.2 Å². The lowest BCUT2D eigenvalue weighted by Crippen LogP contribution is -2.52. The quantitative estimate of drug-likeness (QED) is 0.450. The van der Waals surface area contributed by atoms with Crippen LogP contribution < -0.4 is 15.1 Å². The molecule has 2 fully saturated rings. The minimum Gasteiger partial charge on any atom is -0.476 e. The van der Waals surface area contributed by atoms with Crippen LogP contribution in [0.1, 0.15) is 25.0 Å². The fourth-order valence-corrected chi connectivity index (χ4v) is 4.57. The number of piperazine rings is 1. The van der Waals surface area contributed by atoms with Gasteiger partial charge in [0.2, 0.25) is 5.88 Å². The molecule has 1 aromatic heterocycles. The number of morpholine rings is 1. The maximum atomic E-state index is 6.13. The lowest BCUT2D eigenvalue weighted by molar-refractivity contribution is 0.0776. The van der Waals surface area contributed by atoms with Crippen LogP contribution in [0.4, 0.5) is 11.5 Å². The monoisotopic (exact) mass is 466 g/mol. The molecule has 34 heavy (non-hydrogen) atoms. The SMILES string of the molecule is CCN1CCN(CCOc2cc(N3CCOCC3)cc(N/N=C/c3cccc(C)c3)n2)CC1C. The minimum atomic E-state index is 0.587. The van der Waals surface area contributed by atoms with Gasteiger partial charge in [0, 0.05) is 63.1 Å². The van der Waals surface area contributed by atoms with Crippen molar-refractivity contribution >= 4 is 17.7 Å². The number of nitrogens with zero attached hydrogens (tertiary/aromatic N) is 5. The summed E-state index contributed by atoms with van der Waals surface area (Å²) in [5, 5.41) is 4.41. The highest BCUT2D eigenvalue weighted by atomic mass is 16.5. The number of aryl methyl sites for hydroxylation is 1. The number of benzene rings is 1. The average Bonchev–Trinajstić information content (AvgIpc) is 2.85. The second kappa shape index (κ2) is 12.1. The maximum absolute atomic E-state index is 6.13. The molecule has 1 N–H and O–H groups in total. The fraction of sp³-hybridized carbons (Fsp3) is 0.538. The summed E-state index contributed by atoms with van der Waals surface area (Å²) >= 11 is 0. The van der Waals surface area contributed by atoms with E-state index in [1.54, 1.807) is 0 Å². The van der Waals surface area contributed by atoms with Gasteiger partial charge in [-0.1, -0.05) is 36.8 Å². The first-order valence-electron chi connectivity index (χ1n) is 12.4. The second-order valence-corrected chi connectivity index (χ2v) is 9.06. The normalized spacial score (nSPS) is 20.1. The molecule has 8 heteroatoms. The van der Waals surface area contributed by atoms with Crippen molar-refractivity contribution in [2.24, 2.45) is 5.10 Å². The zero-order valence-corrected chi connectivity index (χ0v) is 20.7. The van der Waals surface area contributed by atoms with Crippen molar-refractivity contribution in [1.82, 2.24) is 14.8 Å². The number of nitrogens with one attached hydrogen (secondary N) is 1. The molecule has 0 bridgehead atoms. The van der Waals surface area contributed by atoms with E-state index >= 15 is 0 Å². The Morgan fingerprint density at radius 1 is 1.18 bits per heavy atom. The Balaban J connectivity index is 1.40. The lowest BCUT2D eigenvalue weighted by Gasteiger charge is -2.39. The Bertz CT molecular complexity index is 947. The molecule has 2 aromatic rings. The van der Waals surface area contributed by atoms with E-state index < -0.39 is 0 Å². The predicted molar refractivity (Wildman–Crippen MR) is 138 cm³/mol. The third kappa shape index (κ3) is 6.91. The van der Waals surface area contributed by atoms with Crippen LogP contribution in [-0.2, 0) is 4.74 Å². The number of rotatable bonds is 9. The maximum Gasteiger partial charge on any atom is 0.217 e. The smallest absolute Gasteiger partial charge is 0.217 e. The topological polar surface area (TPSA) is 65.5 Å². The van der Waals surface area contributed by atoms with Gasteiger partial charge in [-0.15, -0.1) is 0 Å². The number of aromatic nitrogens is 1. The van der Waals surface area contributed by atoms with E-state index in [9.17, 15) is 0 Å². The highest BCUT2D eigenvalue weighted by molar-refractivity contribution is 5.80. The van der Waals surface area contributed by atoms with Gasteiger partial charge in [0.1, 0.15) is 6.61 Å². The van der Waals surface area contributed by atoms with Crippen LogP contribution in [0.25, 0.3) is 0 Å². The molecule has 3 heterocycles. The van der Waals surface area contributed by atoms with Gasteiger partial charge in [0.15, 0.2) is 5.82 Å². The molecule has 0 radical (unpaired) electrons. The standard InChI is InChI=1S/C26H38N6O2/c1-4-31-9-8-30(20-22(31)3)10-15-34-26-18-24(32-11-13-33-14-12-32)17-25(28-26)29-27-19-23-7-5-6-21(2)16-23/h5-7,16-19,22H,4,8-15,20H2,1-3H3,(H,28,29)/b27-19+. The lowest BCUT2D eigenvalue weighted by atomic mass is 10.2. The first-order valence-corrected chi connectivity index (χ1v) is 12.4. The molecule has 184 valence electrons. The van der Waals surface area contributed by atoms with Gasteiger partial charge < -0.3 is 14.4 Å². The highest BCUT2D eigenvalue weighted by Gasteiger charge is 2.22. The Morgan fingerprint density at radius 3 is 2.79 bits per heavy atom. The first-order chi connectivity index (χ1) is 16.6. The Hall–Kier alpha value is -2.68. The van der Waals surface area contributed by atoms with Gasteiger partial charge in [0.05, 0.1) is 19.4 Å². The molecule has 0 aliphatic carbocycles. The number of anilines is 2. The molecule has 0 saturated carbocycles. The van der Waals surface area contributed by atoms with E-state index in [4.69, 9.17) is 9.47 Å². The molecule has 2 saturated heterocycles. The van der Waals surface area contributed by atoms with Crippen molar-refractivity contribution in [3.63, 3.8) is 0 Å². The zero-order valence-electron chi connectivity index (χ0n) is 20.7. The van der Waals surface area contributed by atoms with Gasteiger partial charge in [-0.2, -0.15) is 10.1 Å². The largest absolute Gasteiger partial charge is 0.476 e. The van der Waals surface area contributed by atoms with Crippen LogP contribution >= 0.6 is 0 Å². The molecule has 2 aliphatic rings. The summed E-state index contributed by atoms with van der Waals surface area (Å²) in [6.45, 7) is 15.7. The number of hydrogen-bond acceptors (Lipinski definition) is 8. The number of hydrogen-bond donors (Lipinski definition) is 1. The summed E-state index contributed by atoms with van der Waals surface area (Å²) in [7, 11) is 0. The van der Waals surface area contributed by atoms with Crippen molar-refractivity contribution in [2.45, 2.75) is 26.8 Å². The second-order valence-electron chi connectivity index (χ2n) is 9.06. The molecule has 4 rings (SSSR count). The van der Waals surface area contributed by atoms with Gasteiger partial charge in [-0.25, -0.2) is 0 Å². The van der Waals surface area contributed by atoms with Crippen LogP contribution in [0.15, 0.2) is 41.5 Å². The molecule has 0 spiro atoms.